The molecule has 1 atom stereocenters. The summed E-state index contributed by atoms with van der Waals surface area (Å²) in [5.41, 5.74) is 1.15. The zero-order valence-electron chi connectivity index (χ0n) is 11.3. The Morgan fingerprint density at radius 1 is 1.33 bits per heavy atom. The van der Waals surface area contributed by atoms with Gasteiger partial charge in [-0.15, -0.1) is 0 Å². The van der Waals surface area contributed by atoms with E-state index >= 15 is 0 Å². The maximum Gasteiger partial charge on any atom is 0.319 e. The van der Waals surface area contributed by atoms with Crippen LogP contribution in [0.5, 0.6) is 0 Å². The molecule has 21 heavy (non-hydrogen) atoms. The number of nitrogens with zero attached hydrogens (tertiary/aromatic N) is 2. The van der Waals surface area contributed by atoms with E-state index in [0.29, 0.717) is 5.69 Å². The van der Waals surface area contributed by atoms with Gasteiger partial charge < -0.3 is 10.6 Å². The van der Waals surface area contributed by atoms with Crippen LogP contribution in [0.25, 0.3) is 0 Å². The number of rotatable bonds is 4. The Bertz CT molecular complexity index is 646. The third kappa shape index (κ3) is 4.00. The fourth-order valence-corrected chi connectivity index (χ4v) is 1.78. The molecule has 0 saturated heterocycles. The van der Waals surface area contributed by atoms with Gasteiger partial charge in [0.2, 0.25) is 0 Å². The average Bonchev–Trinajstić information content (AvgIpc) is 2.48. The van der Waals surface area contributed by atoms with Gasteiger partial charge in [-0.3, -0.25) is 15.1 Å². The Morgan fingerprint density at radius 2 is 2.14 bits per heavy atom. The topological polar surface area (TPSA) is 97.2 Å². The highest BCUT2D eigenvalue weighted by atomic mass is 16.6. The number of carbonyl (C=O) groups is 1. The normalized spacial score (nSPS) is 11.5. The van der Waals surface area contributed by atoms with Crippen molar-refractivity contribution in [1.82, 2.24) is 10.3 Å². The van der Waals surface area contributed by atoms with Crippen molar-refractivity contribution < 1.29 is 9.72 Å². The van der Waals surface area contributed by atoms with Crippen molar-refractivity contribution in [2.45, 2.75) is 13.0 Å². The lowest BCUT2D eigenvalue weighted by molar-refractivity contribution is -0.384. The van der Waals surface area contributed by atoms with Gasteiger partial charge in [-0.25, -0.2) is 4.79 Å². The van der Waals surface area contributed by atoms with Gasteiger partial charge in [0.05, 0.1) is 11.0 Å². The maximum atomic E-state index is 11.9. The van der Waals surface area contributed by atoms with E-state index in [9.17, 15) is 14.9 Å². The van der Waals surface area contributed by atoms with Gasteiger partial charge >= 0.3 is 6.03 Å². The second-order valence-electron chi connectivity index (χ2n) is 4.41. The Morgan fingerprint density at radius 3 is 2.81 bits per heavy atom. The van der Waals surface area contributed by atoms with Crippen molar-refractivity contribution in [3.05, 3.63) is 64.5 Å². The van der Waals surface area contributed by atoms with E-state index in [1.54, 1.807) is 24.5 Å². The summed E-state index contributed by atoms with van der Waals surface area (Å²) < 4.78 is 0. The molecule has 0 aliphatic rings. The molecule has 2 rings (SSSR count). The van der Waals surface area contributed by atoms with E-state index in [1.165, 1.54) is 18.2 Å². The van der Waals surface area contributed by atoms with Crippen LogP contribution in [0, 0.1) is 10.1 Å². The maximum absolute atomic E-state index is 11.9. The number of aromatic nitrogens is 1. The van der Waals surface area contributed by atoms with E-state index in [1.807, 2.05) is 13.0 Å². The molecule has 0 bridgehead atoms. The summed E-state index contributed by atoms with van der Waals surface area (Å²) in [5, 5.41) is 16.0. The fourth-order valence-electron chi connectivity index (χ4n) is 1.78. The number of non-ortho nitro benzene ring substituents is 1. The minimum Gasteiger partial charge on any atom is -0.331 e. The molecule has 0 aliphatic heterocycles. The number of nitro groups is 1. The highest BCUT2D eigenvalue weighted by Gasteiger charge is 2.11. The van der Waals surface area contributed by atoms with Crippen LogP contribution in [0.2, 0.25) is 0 Å². The minimum absolute atomic E-state index is 0.0758. The number of pyridine rings is 1. The SMILES string of the molecule is C[C@H](NC(=O)Nc1cccc([N+](=O)[O-])c1)c1cccnc1. The van der Waals surface area contributed by atoms with Crippen molar-refractivity contribution in [3.8, 4) is 0 Å². The molecule has 2 amide bonds. The first-order valence-corrected chi connectivity index (χ1v) is 6.28. The molecule has 0 saturated carbocycles. The van der Waals surface area contributed by atoms with Gasteiger partial charge in [-0.1, -0.05) is 12.1 Å². The predicted octanol–water partition coefficient (Wildman–Crippen LogP) is 2.87. The first kappa shape index (κ1) is 14.4. The van der Waals surface area contributed by atoms with Crippen molar-refractivity contribution >= 4 is 17.4 Å². The lowest BCUT2D eigenvalue weighted by Crippen LogP contribution is -2.31. The van der Waals surface area contributed by atoms with Gasteiger partial charge in [0, 0.05) is 30.2 Å². The van der Waals surface area contributed by atoms with E-state index in [2.05, 4.69) is 15.6 Å². The van der Waals surface area contributed by atoms with Gasteiger partial charge in [0.1, 0.15) is 0 Å². The van der Waals surface area contributed by atoms with Gasteiger partial charge in [-0.2, -0.15) is 0 Å². The Balaban J connectivity index is 1.99. The smallest absolute Gasteiger partial charge is 0.319 e. The lowest BCUT2D eigenvalue weighted by atomic mass is 10.1. The van der Waals surface area contributed by atoms with E-state index in [4.69, 9.17) is 0 Å². The van der Waals surface area contributed by atoms with Crippen LogP contribution in [-0.4, -0.2) is 15.9 Å². The number of benzene rings is 1. The second-order valence-corrected chi connectivity index (χ2v) is 4.41. The van der Waals surface area contributed by atoms with Crippen LogP contribution in [0.1, 0.15) is 18.5 Å². The quantitative estimate of drug-likeness (QED) is 0.667. The molecule has 7 heteroatoms. The Labute approximate surface area is 121 Å². The molecule has 1 aromatic carbocycles. The summed E-state index contributed by atoms with van der Waals surface area (Å²) in [6.07, 6.45) is 3.32. The molecule has 0 fully saturated rings. The van der Waals surface area contributed by atoms with E-state index in [-0.39, 0.29) is 11.7 Å². The van der Waals surface area contributed by atoms with Crippen LogP contribution < -0.4 is 10.6 Å². The second kappa shape index (κ2) is 6.47. The molecule has 7 nitrogen and oxygen atoms in total. The number of hydrogen-bond donors (Lipinski definition) is 2. The van der Waals surface area contributed by atoms with Crippen LogP contribution >= 0.6 is 0 Å². The number of hydrogen-bond acceptors (Lipinski definition) is 4. The summed E-state index contributed by atoms with van der Waals surface area (Å²) >= 11 is 0. The fraction of sp³-hybridized carbons (Fsp3) is 0.143. The van der Waals surface area contributed by atoms with Crippen LogP contribution in [0.4, 0.5) is 16.2 Å². The van der Waals surface area contributed by atoms with Crippen molar-refractivity contribution in [1.29, 1.82) is 0 Å². The number of nitrogens with one attached hydrogen (secondary N) is 2. The molecule has 2 N–H and O–H groups in total. The number of amides is 2. The standard InChI is InChI=1S/C14H14N4O3/c1-10(11-4-3-7-15-9-11)16-14(19)17-12-5-2-6-13(8-12)18(20)21/h2-10H,1H3,(H2,16,17,19)/t10-/m0/s1. The van der Waals surface area contributed by atoms with Gasteiger partial charge in [0.15, 0.2) is 0 Å². The highest BCUT2D eigenvalue weighted by molar-refractivity contribution is 5.89. The van der Waals surface area contributed by atoms with Gasteiger partial charge in [-0.05, 0) is 24.6 Å². The third-order valence-corrected chi connectivity index (χ3v) is 2.85. The summed E-state index contributed by atoms with van der Waals surface area (Å²) in [6.45, 7) is 1.82. The summed E-state index contributed by atoms with van der Waals surface area (Å²) in [7, 11) is 0. The monoisotopic (exact) mass is 286 g/mol. The number of nitro benzene ring substituents is 1. The Kier molecular flexibility index (Phi) is 4.45. The lowest BCUT2D eigenvalue weighted by Gasteiger charge is -2.14. The molecular formula is C14H14N4O3. The predicted molar refractivity (Wildman–Crippen MR) is 77.9 cm³/mol. The number of urea groups is 1. The largest absolute Gasteiger partial charge is 0.331 e. The van der Waals surface area contributed by atoms with Crippen molar-refractivity contribution in [2.24, 2.45) is 0 Å². The number of carbonyl (C=O) groups excluding carboxylic acids is 1. The molecule has 0 spiro atoms. The van der Waals surface area contributed by atoms with Crippen molar-refractivity contribution in [3.63, 3.8) is 0 Å². The molecule has 0 radical (unpaired) electrons. The first-order chi connectivity index (χ1) is 10.1. The molecule has 108 valence electrons. The summed E-state index contributed by atoms with van der Waals surface area (Å²) in [5.74, 6) is 0. The van der Waals surface area contributed by atoms with E-state index in [0.717, 1.165) is 5.56 Å². The van der Waals surface area contributed by atoms with Crippen LogP contribution in [0.15, 0.2) is 48.8 Å². The van der Waals surface area contributed by atoms with Crippen LogP contribution in [0.3, 0.4) is 0 Å². The molecule has 1 heterocycles. The summed E-state index contributed by atoms with van der Waals surface area (Å²) in [4.78, 5) is 26.0. The van der Waals surface area contributed by atoms with Crippen molar-refractivity contribution in [2.75, 3.05) is 5.32 Å². The first-order valence-electron chi connectivity index (χ1n) is 6.28. The molecular weight excluding hydrogens is 272 g/mol. The summed E-state index contributed by atoms with van der Waals surface area (Å²) in [6, 6.07) is 8.73. The average molecular weight is 286 g/mol. The molecule has 1 aromatic heterocycles. The van der Waals surface area contributed by atoms with Gasteiger partial charge in [0.25, 0.3) is 5.69 Å². The highest BCUT2D eigenvalue weighted by Crippen LogP contribution is 2.17. The third-order valence-electron chi connectivity index (χ3n) is 2.85. The zero-order valence-corrected chi connectivity index (χ0v) is 11.3. The molecule has 0 aliphatic carbocycles. The van der Waals surface area contributed by atoms with E-state index < -0.39 is 11.0 Å². The zero-order chi connectivity index (χ0) is 15.2. The molecule has 0 unspecified atom stereocenters. The molecule has 2 aromatic rings. The Hall–Kier alpha value is -2.96. The number of anilines is 1. The minimum atomic E-state index is -0.513. The van der Waals surface area contributed by atoms with Crippen LogP contribution in [-0.2, 0) is 0 Å².